The minimum atomic E-state index is -0.251. The van der Waals surface area contributed by atoms with E-state index < -0.39 is 0 Å². The number of amides is 1. The van der Waals surface area contributed by atoms with Gasteiger partial charge in [0, 0.05) is 31.9 Å². The van der Waals surface area contributed by atoms with Gasteiger partial charge in [0.25, 0.3) is 5.91 Å². The molecule has 3 rings (SSSR count). The number of rotatable bonds is 4. The third kappa shape index (κ3) is 3.50. The van der Waals surface area contributed by atoms with E-state index in [0.29, 0.717) is 11.3 Å². The predicted octanol–water partition coefficient (Wildman–Crippen LogP) is 2.90. The Morgan fingerprint density at radius 1 is 1.45 bits per heavy atom. The number of nitrogens with zero attached hydrogens (tertiary/aromatic N) is 1. The zero-order valence-electron chi connectivity index (χ0n) is 13.4. The Balaban J connectivity index is 1.53. The number of carbonyl (C=O) groups excluding carboxylic acids is 1. The van der Waals surface area contributed by atoms with E-state index in [-0.39, 0.29) is 18.1 Å². The lowest BCUT2D eigenvalue weighted by Crippen LogP contribution is -2.36. The summed E-state index contributed by atoms with van der Waals surface area (Å²) in [6, 6.07) is 2.66. The van der Waals surface area contributed by atoms with Crippen LogP contribution in [0.3, 0.4) is 0 Å². The first kappa shape index (κ1) is 16.3. The molecule has 1 aromatic heterocycles. The Hall–Kier alpha value is -0.560. The van der Waals surface area contributed by atoms with E-state index in [1.54, 1.807) is 19.0 Å². The summed E-state index contributed by atoms with van der Waals surface area (Å²) < 4.78 is 7.36. The third-order valence-electron chi connectivity index (χ3n) is 4.33. The minimum absolute atomic E-state index is 0.0882. The molecule has 3 heterocycles. The topological polar surface area (TPSA) is 41.6 Å². The molecule has 1 fully saturated rings. The van der Waals surface area contributed by atoms with Crippen LogP contribution >= 0.6 is 23.1 Å². The van der Waals surface area contributed by atoms with Crippen molar-refractivity contribution in [2.45, 2.75) is 53.9 Å². The van der Waals surface area contributed by atoms with Crippen molar-refractivity contribution >= 4 is 29.0 Å². The van der Waals surface area contributed by atoms with Crippen LogP contribution in [0.25, 0.3) is 0 Å². The number of nitrogens with one attached hydrogen (secondary N) is 1. The molecule has 2 aliphatic heterocycles. The Bertz CT molecular complexity index is 532. The van der Waals surface area contributed by atoms with Gasteiger partial charge >= 0.3 is 0 Å². The highest BCUT2D eigenvalue weighted by molar-refractivity contribution is 8.01. The standard InChI is InChI=1S/C16H24N2O2S2/c1-10-8-13(12-6-7-21-16(12)22-10)17-9-11-4-5-14(20-11)15(19)18(2)3/h6-7,10-11,13-14,17H,4-5,8-9H2,1-3H3/t10-,11-,13-,14+/m0/s1. The van der Waals surface area contributed by atoms with Crippen molar-refractivity contribution in [2.75, 3.05) is 20.6 Å². The first-order valence-electron chi connectivity index (χ1n) is 7.88. The Labute approximate surface area is 140 Å². The zero-order valence-corrected chi connectivity index (χ0v) is 15.0. The van der Waals surface area contributed by atoms with Gasteiger partial charge in [-0.1, -0.05) is 6.92 Å². The summed E-state index contributed by atoms with van der Waals surface area (Å²) in [7, 11) is 3.58. The number of thiophene rings is 1. The van der Waals surface area contributed by atoms with Crippen molar-refractivity contribution in [2.24, 2.45) is 0 Å². The maximum atomic E-state index is 11.9. The van der Waals surface area contributed by atoms with Crippen LogP contribution in [0.4, 0.5) is 0 Å². The Morgan fingerprint density at radius 3 is 3.05 bits per heavy atom. The van der Waals surface area contributed by atoms with Gasteiger partial charge in [0.2, 0.25) is 0 Å². The van der Waals surface area contributed by atoms with Crippen LogP contribution in [-0.2, 0) is 9.53 Å². The molecule has 6 heteroatoms. The molecule has 0 aromatic carbocycles. The quantitative estimate of drug-likeness (QED) is 0.915. The van der Waals surface area contributed by atoms with Crippen LogP contribution in [0.2, 0.25) is 0 Å². The lowest BCUT2D eigenvalue weighted by molar-refractivity contribution is -0.140. The second-order valence-corrected chi connectivity index (χ2v) is 8.97. The highest BCUT2D eigenvalue weighted by atomic mass is 32.2. The summed E-state index contributed by atoms with van der Waals surface area (Å²) in [5.74, 6) is 0.0882. The highest BCUT2D eigenvalue weighted by Crippen LogP contribution is 2.43. The first-order chi connectivity index (χ1) is 10.5. The SMILES string of the molecule is C[C@H]1C[C@H](NC[C@@H]2CC[C@H](C(=O)N(C)C)O2)c2ccsc2S1. The van der Waals surface area contributed by atoms with Gasteiger partial charge in [-0.25, -0.2) is 0 Å². The number of hydrogen-bond donors (Lipinski definition) is 1. The molecule has 1 amide bonds. The molecule has 1 aromatic rings. The molecular weight excluding hydrogens is 316 g/mol. The summed E-state index contributed by atoms with van der Waals surface area (Å²) in [5, 5.41) is 6.50. The maximum Gasteiger partial charge on any atom is 0.251 e. The molecule has 22 heavy (non-hydrogen) atoms. The fourth-order valence-corrected chi connectivity index (χ4v) is 5.71. The van der Waals surface area contributed by atoms with Gasteiger partial charge in [0.15, 0.2) is 0 Å². The van der Waals surface area contributed by atoms with E-state index >= 15 is 0 Å². The Morgan fingerprint density at radius 2 is 2.27 bits per heavy atom. The van der Waals surface area contributed by atoms with Crippen molar-refractivity contribution in [3.05, 3.63) is 17.0 Å². The van der Waals surface area contributed by atoms with Gasteiger partial charge < -0.3 is 15.0 Å². The van der Waals surface area contributed by atoms with Crippen LogP contribution in [0, 0.1) is 0 Å². The van der Waals surface area contributed by atoms with Crippen molar-refractivity contribution < 1.29 is 9.53 Å². The van der Waals surface area contributed by atoms with E-state index in [1.165, 1.54) is 9.77 Å². The average Bonchev–Trinajstić information content (AvgIpc) is 3.12. The summed E-state index contributed by atoms with van der Waals surface area (Å²) in [6.07, 6.45) is 2.86. The molecule has 0 unspecified atom stereocenters. The second kappa shape index (κ2) is 6.91. The molecule has 2 aliphatic rings. The minimum Gasteiger partial charge on any atom is -0.364 e. The number of ether oxygens (including phenoxy) is 1. The average molecular weight is 341 g/mol. The van der Waals surface area contributed by atoms with E-state index in [2.05, 4.69) is 23.7 Å². The van der Waals surface area contributed by atoms with Crippen molar-refractivity contribution in [3.8, 4) is 0 Å². The monoisotopic (exact) mass is 340 g/mol. The van der Waals surface area contributed by atoms with E-state index in [9.17, 15) is 4.79 Å². The van der Waals surface area contributed by atoms with Crippen LogP contribution < -0.4 is 5.32 Å². The zero-order chi connectivity index (χ0) is 15.7. The lowest BCUT2D eigenvalue weighted by atomic mass is 10.0. The van der Waals surface area contributed by atoms with Crippen LogP contribution in [0.1, 0.15) is 37.8 Å². The van der Waals surface area contributed by atoms with E-state index in [0.717, 1.165) is 25.8 Å². The molecule has 0 radical (unpaired) electrons. The number of hydrogen-bond acceptors (Lipinski definition) is 5. The van der Waals surface area contributed by atoms with Crippen LogP contribution in [-0.4, -0.2) is 48.9 Å². The molecular formula is C16H24N2O2S2. The molecule has 0 saturated carbocycles. The largest absolute Gasteiger partial charge is 0.364 e. The number of thioether (sulfide) groups is 1. The number of fused-ring (bicyclic) bond motifs is 1. The normalized spacial score (nSPS) is 31.0. The van der Waals surface area contributed by atoms with Gasteiger partial charge in [-0.2, -0.15) is 0 Å². The number of carbonyl (C=O) groups is 1. The maximum absolute atomic E-state index is 11.9. The molecule has 122 valence electrons. The summed E-state index contributed by atoms with van der Waals surface area (Å²) in [4.78, 5) is 13.6. The first-order valence-corrected chi connectivity index (χ1v) is 9.64. The second-order valence-electron chi connectivity index (χ2n) is 6.35. The molecule has 4 atom stereocenters. The Kier molecular flexibility index (Phi) is 5.12. The lowest BCUT2D eigenvalue weighted by Gasteiger charge is -2.28. The van der Waals surface area contributed by atoms with E-state index in [1.807, 2.05) is 23.1 Å². The summed E-state index contributed by atoms with van der Waals surface area (Å²) >= 11 is 3.83. The van der Waals surface area contributed by atoms with Gasteiger partial charge in [0.1, 0.15) is 6.10 Å². The highest BCUT2D eigenvalue weighted by Gasteiger charge is 2.33. The summed E-state index contributed by atoms with van der Waals surface area (Å²) in [6.45, 7) is 3.12. The van der Waals surface area contributed by atoms with Crippen molar-refractivity contribution in [1.82, 2.24) is 10.2 Å². The fraction of sp³-hybridized carbons (Fsp3) is 0.688. The van der Waals surface area contributed by atoms with Gasteiger partial charge in [-0.15, -0.1) is 23.1 Å². The molecule has 1 N–H and O–H groups in total. The summed E-state index contributed by atoms with van der Waals surface area (Å²) in [5.41, 5.74) is 1.44. The molecule has 1 saturated heterocycles. The van der Waals surface area contributed by atoms with Crippen LogP contribution in [0.15, 0.2) is 15.7 Å². The van der Waals surface area contributed by atoms with Gasteiger partial charge in [-0.3, -0.25) is 4.79 Å². The fourth-order valence-electron chi connectivity index (χ4n) is 3.14. The molecule has 4 nitrogen and oxygen atoms in total. The predicted molar refractivity (Wildman–Crippen MR) is 91.6 cm³/mol. The van der Waals surface area contributed by atoms with Gasteiger partial charge in [0.05, 0.1) is 10.3 Å². The molecule has 0 bridgehead atoms. The smallest absolute Gasteiger partial charge is 0.251 e. The van der Waals surface area contributed by atoms with Gasteiger partial charge in [-0.05, 0) is 36.3 Å². The number of likely N-dealkylation sites (N-methyl/N-ethyl adjacent to an activating group) is 1. The van der Waals surface area contributed by atoms with Crippen molar-refractivity contribution in [3.63, 3.8) is 0 Å². The molecule has 0 aliphatic carbocycles. The molecule has 0 spiro atoms. The van der Waals surface area contributed by atoms with Crippen molar-refractivity contribution in [1.29, 1.82) is 0 Å². The van der Waals surface area contributed by atoms with Crippen LogP contribution in [0.5, 0.6) is 0 Å². The third-order valence-corrected chi connectivity index (χ3v) is 6.67. The van der Waals surface area contributed by atoms with E-state index in [4.69, 9.17) is 4.74 Å².